The van der Waals surface area contributed by atoms with Gasteiger partial charge in [-0.25, -0.2) is 0 Å². The quantitative estimate of drug-likeness (QED) is 0.263. The number of likely N-dealkylation sites (tertiary alicyclic amines) is 1. The number of methoxy groups -OCH3 is 1. The Bertz CT molecular complexity index is 1090. The summed E-state index contributed by atoms with van der Waals surface area (Å²) in [6, 6.07) is 12.5. The van der Waals surface area contributed by atoms with Crippen LogP contribution in [-0.2, 0) is 27.2 Å². The topological polar surface area (TPSA) is 76.1 Å². The number of rotatable bonds is 8. The molecule has 34 heavy (non-hydrogen) atoms. The lowest BCUT2D eigenvalue weighted by atomic mass is 9.88. The molecule has 1 N–H and O–H groups in total. The van der Waals surface area contributed by atoms with E-state index in [0.717, 1.165) is 24.8 Å². The summed E-state index contributed by atoms with van der Waals surface area (Å²) in [5, 5.41) is 11.3. The van der Waals surface area contributed by atoms with Crippen molar-refractivity contribution in [2.45, 2.75) is 58.1 Å². The molecule has 1 aliphatic heterocycles. The first kappa shape index (κ1) is 24.0. The van der Waals surface area contributed by atoms with E-state index in [-0.39, 0.29) is 17.4 Å². The Kier molecular flexibility index (Phi) is 7.37. The van der Waals surface area contributed by atoms with Crippen molar-refractivity contribution in [2.24, 2.45) is 0 Å². The van der Waals surface area contributed by atoms with Crippen LogP contribution in [0.1, 0.15) is 61.4 Å². The standard InChI is InChI=1S/C28H33NO5/c1-18(2)34-16-6-15-29-25(20-11-13-23(33-3)14-12-20)24(27(31)28(29)32)26(30)22-10-9-19-7-4-5-8-21(19)17-22/h9-14,17-18,25,30H,4-8,15-16H2,1-3H3/b26-24-. The average Bonchev–Trinajstić information content (AvgIpc) is 3.10. The summed E-state index contributed by atoms with van der Waals surface area (Å²) in [4.78, 5) is 27.8. The van der Waals surface area contributed by atoms with E-state index >= 15 is 0 Å². The highest BCUT2D eigenvalue weighted by Gasteiger charge is 2.45. The van der Waals surface area contributed by atoms with Gasteiger partial charge in [0.15, 0.2) is 0 Å². The smallest absolute Gasteiger partial charge is 0.295 e. The molecule has 2 aromatic carbocycles. The molecule has 1 atom stereocenters. The fraction of sp³-hybridized carbons (Fsp3) is 0.429. The SMILES string of the molecule is COc1ccc(C2/C(=C(/O)c3ccc4c(c3)CCCC4)C(=O)C(=O)N2CCCOC(C)C)cc1. The maximum absolute atomic E-state index is 13.2. The van der Waals surface area contributed by atoms with Crippen molar-refractivity contribution in [2.75, 3.05) is 20.3 Å². The van der Waals surface area contributed by atoms with Crippen molar-refractivity contribution in [3.8, 4) is 5.75 Å². The van der Waals surface area contributed by atoms with E-state index in [0.29, 0.717) is 30.9 Å². The average molecular weight is 464 g/mol. The molecule has 4 rings (SSSR count). The van der Waals surface area contributed by atoms with Crippen molar-refractivity contribution in [1.82, 2.24) is 4.90 Å². The Hall–Kier alpha value is -3.12. The number of Topliss-reactive ketones (excluding diaryl/α,β-unsaturated/α-hetero) is 1. The highest BCUT2D eigenvalue weighted by Crippen LogP contribution is 2.40. The summed E-state index contributed by atoms with van der Waals surface area (Å²) in [6.07, 6.45) is 4.97. The van der Waals surface area contributed by atoms with Gasteiger partial charge in [0.1, 0.15) is 11.5 Å². The van der Waals surface area contributed by atoms with Gasteiger partial charge in [-0.1, -0.05) is 24.3 Å². The van der Waals surface area contributed by atoms with Crippen LogP contribution in [0.25, 0.3) is 5.76 Å². The Morgan fingerprint density at radius 1 is 1.06 bits per heavy atom. The number of fused-ring (bicyclic) bond motifs is 1. The third-order valence-corrected chi connectivity index (χ3v) is 6.59. The minimum absolute atomic E-state index is 0.0943. The molecule has 0 spiro atoms. The van der Waals surface area contributed by atoms with Gasteiger partial charge in [0.2, 0.25) is 0 Å². The lowest BCUT2D eigenvalue weighted by molar-refractivity contribution is -0.140. The highest BCUT2D eigenvalue weighted by molar-refractivity contribution is 6.46. The van der Waals surface area contributed by atoms with Crippen molar-refractivity contribution >= 4 is 17.4 Å². The largest absolute Gasteiger partial charge is 0.507 e. The van der Waals surface area contributed by atoms with E-state index in [2.05, 4.69) is 0 Å². The molecule has 1 saturated heterocycles. The van der Waals surface area contributed by atoms with Crippen LogP contribution in [0.3, 0.4) is 0 Å². The predicted octanol–water partition coefficient (Wildman–Crippen LogP) is 4.81. The van der Waals surface area contributed by atoms with E-state index in [1.165, 1.54) is 17.5 Å². The van der Waals surface area contributed by atoms with Crippen LogP contribution in [0, 0.1) is 0 Å². The van der Waals surface area contributed by atoms with E-state index < -0.39 is 17.7 Å². The zero-order valence-electron chi connectivity index (χ0n) is 20.2. The zero-order chi connectivity index (χ0) is 24.2. The molecule has 1 unspecified atom stereocenters. The van der Waals surface area contributed by atoms with E-state index in [1.807, 2.05) is 44.2 Å². The van der Waals surface area contributed by atoms with E-state index in [1.54, 1.807) is 24.1 Å². The summed E-state index contributed by atoms with van der Waals surface area (Å²) < 4.78 is 10.9. The zero-order valence-corrected chi connectivity index (χ0v) is 20.2. The number of aliphatic hydroxyl groups is 1. The number of ketones is 1. The summed E-state index contributed by atoms with van der Waals surface area (Å²) in [7, 11) is 1.59. The fourth-order valence-electron chi connectivity index (χ4n) is 4.83. The second kappa shape index (κ2) is 10.4. The van der Waals surface area contributed by atoms with Crippen molar-refractivity contribution in [3.05, 3.63) is 70.3 Å². The molecule has 0 radical (unpaired) electrons. The molecule has 6 heteroatoms. The summed E-state index contributed by atoms with van der Waals surface area (Å²) >= 11 is 0. The molecule has 2 aliphatic rings. The number of benzene rings is 2. The van der Waals surface area contributed by atoms with Crippen molar-refractivity contribution in [1.29, 1.82) is 0 Å². The molecule has 0 saturated carbocycles. The number of carbonyl (C=O) groups is 2. The molecule has 180 valence electrons. The molecule has 1 heterocycles. The molecular weight excluding hydrogens is 430 g/mol. The summed E-state index contributed by atoms with van der Waals surface area (Å²) in [5.41, 5.74) is 3.97. The molecular formula is C28H33NO5. The predicted molar refractivity (Wildman–Crippen MR) is 131 cm³/mol. The minimum Gasteiger partial charge on any atom is -0.507 e. The maximum Gasteiger partial charge on any atom is 0.295 e. The number of nitrogens with zero attached hydrogens (tertiary/aromatic N) is 1. The molecule has 1 aliphatic carbocycles. The number of hydrogen-bond acceptors (Lipinski definition) is 5. The minimum atomic E-state index is -0.666. The van der Waals surface area contributed by atoms with Crippen LogP contribution >= 0.6 is 0 Å². The second-order valence-electron chi connectivity index (χ2n) is 9.23. The van der Waals surface area contributed by atoms with Gasteiger partial charge in [-0.2, -0.15) is 0 Å². The maximum atomic E-state index is 13.2. The first-order valence-electron chi connectivity index (χ1n) is 12.1. The lowest BCUT2D eigenvalue weighted by Crippen LogP contribution is -2.31. The molecule has 1 amide bonds. The number of aliphatic hydroxyl groups excluding tert-OH is 1. The van der Waals surface area contributed by atoms with Crippen LogP contribution in [0.15, 0.2) is 48.0 Å². The van der Waals surface area contributed by atoms with E-state index in [9.17, 15) is 14.7 Å². The molecule has 6 nitrogen and oxygen atoms in total. The Morgan fingerprint density at radius 2 is 1.76 bits per heavy atom. The molecule has 0 aromatic heterocycles. The Labute approximate surface area is 201 Å². The van der Waals surface area contributed by atoms with Gasteiger partial charge in [-0.15, -0.1) is 0 Å². The number of carbonyl (C=O) groups excluding carboxylic acids is 2. The van der Waals surface area contributed by atoms with Crippen molar-refractivity contribution < 1.29 is 24.2 Å². The fourth-order valence-corrected chi connectivity index (χ4v) is 4.83. The van der Waals surface area contributed by atoms with Crippen LogP contribution in [0.2, 0.25) is 0 Å². The van der Waals surface area contributed by atoms with Crippen molar-refractivity contribution in [3.63, 3.8) is 0 Å². The highest BCUT2D eigenvalue weighted by atomic mass is 16.5. The van der Waals surface area contributed by atoms with Crippen LogP contribution in [0.4, 0.5) is 0 Å². The van der Waals surface area contributed by atoms with Gasteiger partial charge in [0, 0.05) is 18.7 Å². The normalized spacial score (nSPS) is 19.5. The second-order valence-corrected chi connectivity index (χ2v) is 9.23. The number of amides is 1. The van der Waals surface area contributed by atoms with Gasteiger partial charge >= 0.3 is 0 Å². The molecule has 0 bridgehead atoms. The lowest BCUT2D eigenvalue weighted by Gasteiger charge is -2.26. The third-order valence-electron chi connectivity index (χ3n) is 6.59. The first-order valence-corrected chi connectivity index (χ1v) is 12.1. The van der Waals surface area contributed by atoms with Gasteiger partial charge < -0.3 is 19.5 Å². The Morgan fingerprint density at radius 3 is 2.44 bits per heavy atom. The number of hydrogen-bond donors (Lipinski definition) is 1. The third kappa shape index (κ3) is 4.87. The van der Waals surface area contributed by atoms with Crippen LogP contribution in [-0.4, -0.2) is 48.1 Å². The van der Waals surface area contributed by atoms with Crippen LogP contribution < -0.4 is 4.74 Å². The van der Waals surface area contributed by atoms with Gasteiger partial charge in [-0.05, 0) is 80.8 Å². The summed E-state index contributed by atoms with van der Waals surface area (Å²) in [6.45, 7) is 4.76. The number of ether oxygens (including phenoxy) is 2. The van der Waals surface area contributed by atoms with Crippen LogP contribution in [0.5, 0.6) is 5.75 Å². The van der Waals surface area contributed by atoms with Gasteiger partial charge in [0.05, 0.1) is 24.8 Å². The monoisotopic (exact) mass is 463 g/mol. The molecule has 2 aromatic rings. The Balaban J connectivity index is 1.73. The van der Waals surface area contributed by atoms with Gasteiger partial charge in [0.25, 0.3) is 11.7 Å². The molecule has 1 fully saturated rings. The van der Waals surface area contributed by atoms with E-state index in [4.69, 9.17) is 9.47 Å². The first-order chi connectivity index (χ1) is 16.4. The number of aryl methyl sites for hydroxylation is 2. The summed E-state index contributed by atoms with van der Waals surface area (Å²) in [5.74, 6) is -0.681. The van der Waals surface area contributed by atoms with Gasteiger partial charge in [-0.3, -0.25) is 9.59 Å².